The fraction of sp³-hybridized carbons (Fsp3) is 0.0952. The zero-order valence-corrected chi connectivity index (χ0v) is 17.5. The van der Waals surface area contributed by atoms with Gasteiger partial charge in [-0.25, -0.2) is 4.79 Å². The number of aromatic carboxylic acids is 1. The van der Waals surface area contributed by atoms with Gasteiger partial charge < -0.3 is 20.6 Å². The first-order valence-electron chi connectivity index (χ1n) is 8.92. The minimum absolute atomic E-state index is 0.0825. The summed E-state index contributed by atoms with van der Waals surface area (Å²) in [6, 6.07) is 16.7. The van der Waals surface area contributed by atoms with Crippen molar-refractivity contribution in [3.8, 4) is 16.9 Å². The van der Waals surface area contributed by atoms with E-state index in [1.54, 1.807) is 24.3 Å². The Hall–Kier alpha value is -3.11. The maximum atomic E-state index is 12.4. The predicted molar refractivity (Wildman–Crippen MR) is 115 cm³/mol. The second-order valence-corrected chi connectivity index (χ2v) is 8.52. The van der Waals surface area contributed by atoms with Crippen LogP contribution in [0.3, 0.4) is 0 Å². The lowest BCUT2D eigenvalue weighted by Gasteiger charge is -2.15. The average molecular weight is 464 g/mol. The Morgan fingerprint density at radius 2 is 1.58 bits per heavy atom. The monoisotopic (exact) mass is 463 g/mol. The normalized spacial score (nSPS) is 12.3. The third-order valence-corrected chi connectivity index (χ3v) is 5.81. The van der Waals surface area contributed by atoms with E-state index in [-0.39, 0.29) is 16.1 Å². The molecule has 0 amide bonds. The van der Waals surface area contributed by atoms with Crippen molar-refractivity contribution in [3.05, 3.63) is 77.3 Å². The van der Waals surface area contributed by atoms with E-state index in [1.807, 2.05) is 12.1 Å². The highest BCUT2D eigenvalue weighted by molar-refractivity contribution is 7.86. The molecule has 4 N–H and O–H groups in total. The highest BCUT2D eigenvalue weighted by Gasteiger charge is 2.18. The second kappa shape index (κ2) is 9.36. The van der Waals surface area contributed by atoms with Crippen LogP contribution in [-0.2, 0) is 14.3 Å². The van der Waals surface area contributed by atoms with Gasteiger partial charge in [-0.1, -0.05) is 35.9 Å². The molecule has 0 saturated heterocycles. The van der Waals surface area contributed by atoms with Crippen LogP contribution in [0.5, 0.6) is 5.75 Å². The number of carboxylic acid groups (broad SMARTS) is 1. The molecule has 31 heavy (non-hydrogen) atoms. The van der Waals surface area contributed by atoms with E-state index < -0.39 is 34.7 Å². The van der Waals surface area contributed by atoms with Gasteiger partial charge >= 0.3 is 5.97 Å². The van der Waals surface area contributed by atoms with Gasteiger partial charge in [0.25, 0.3) is 10.1 Å². The summed E-state index contributed by atoms with van der Waals surface area (Å²) in [6.07, 6.45) is -1.43. The molecule has 3 aromatic rings. The van der Waals surface area contributed by atoms with Crippen molar-refractivity contribution in [1.82, 2.24) is 0 Å². The molecule has 162 valence electrons. The number of aromatic hydroxyl groups is 1. The van der Waals surface area contributed by atoms with E-state index >= 15 is 0 Å². The average Bonchev–Trinajstić information content (AvgIpc) is 2.73. The molecule has 0 spiro atoms. The van der Waals surface area contributed by atoms with E-state index in [4.69, 9.17) is 20.9 Å². The zero-order valence-electron chi connectivity index (χ0n) is 15.9. The summed E-state index contributed by atoms with van der Waals surface area (Å²) in [5, 5.41) is 31.6. The molecular formula is C21H18ClNO7S. The van der Waals surface area contributed by atoms with E-state index in [0.717, 1.165) is 23.3 Å². The molecule has 0 aliphatic carbocycles. The highest BCUT2D eigenvalue weighted by atomic mass is 35.5. The number of benzene rings is 3. The summed E-state index contributed by atoms with van der Waals surface area (Å²) >= 11 is 5.87. The summed E-state index contributed by atoms with van der Waals surface area (Å²) in [5.74, 6) is -1.81. The van der Waals surface area contributed by atoms with Gasteiger partial charge in [0.15, 0.2) is 0 Å². The molecule has 0 saturated carbocycles. The van der Waals surface area contributed by atoms with Crippen LogP contribution in [0.4, 0.5) is 5.69 Å². The van der Waals surface area contributed by atoms with Crippen LogP contribution in [-0.4, -0.2) is 42.5 Å². The van der Waals surface area contributed by atoms with Crippen LogP contribution in [0.1, 0.15) is 10.4 Å². The van der Waals surface area contributed by atoms with Gasteiger partial charge in [0.2, 0.25) is 0 Å². The molecule has 1 atom stereocenters. The summed E-state index contributed by atoms with van der Waals surface area (Å²) in [6.45, 7) is -0.608. The number of halogens is 1. The Kier molecular flexibility index (Phi) is 6.81. The molecule has 0 aromatic heterocycles. The molecule has 0 aliphatic heterocycles. The Morgan fingerprint density at radius 1 is 1.00 bits per heavy atom. The number of hydrogen-bond donors (Lipinski definition) is 4. The number of phenols is 1. The first kappa shape index (κ1) is 22.6. The lowest BCUT2D eigenvalue weighted by Crippen LogP contribution is -2.26. The quantitative estimate of drug-likeness (QED) is 0.294. The Morgan fingerprint density at radius 3 is 2.13 bits per heavy atom. The van der Waals surface area contributed by atoms with Gasteiger partial charge in [-0.15, -0.1) is 0 Å². The standard InChI is InChI=1S/C21H18ClNO7S/c22-15-5-1-13(2-6-15)14-3-8-17(9-4-14)31(28,29)30-12-20(25)23-16-7-10-18(21(26)27)19(24)11-16/h1-11,20,23-25H,12H2,(H,26,27). The topological polar surface area (TPSA) is 133 Å². The van der Waals surface area contributed by atoms with Gasteiger partial charge in [-0.2, -0.15) is 8.42 Å². The molecule has 0 fully saturated rings. The zero-order chi connectivity index (χ0) is 22.6. The van der Waals surface area contributed by atoms with Gasteiger partial charge in [0, 0.05) is 16.8 Å². The summed E-state index contributed by atoms with van der Waals surface area (Å²) in [5.41, 5.74) is 1.54. The van der Waals surface area contributed by atoms with E-state index in [0.29, 0.717) is 5.02 Å². The van der Waals surface area contributed by atoms with E-state index in [2.05, 4.69) is 5.32 Å². The maximum Gasteiger partial charge on any atom is 0.339 e. The largest absolute Gasteiger partial charge is 0.507 e. The number of nitrogens with one attached hydrogen (secondary N) is 1. The molecule has 10 heteroatoms. The highest BCUT2D eigenvalue weighted by Crippen LogP contribution is 2.24. The van der Waals surface area contributed by atoms with Gasteiger partial charge in [0.05, 0.1) is 4.90 Å². The summed E-state index contributed by atoms with van der Waals surface area (Å²) < 4.78 is 29.6. The van der Waals surface area contributed by atoms with Crippen LogP contribution in [0, 0.1) is 0 Å². The molecule has 0 aliphatic rings. The number of anilines is 1. The molecule has 3 rings (SSSR count). The van der Waals surface area contributed by atoms with Crippen molar-refractivity contribution >= 4 is 33.4 Å². The van der Waals surface area contributed by atoms with Crippen LogP contribution in [0.25, 0.3) is 11.1 Å². The summed E-state index contributed by atoms with van der Waals surface area (Å²) in [7, 11) is -4.13. The van der Waals surface area contributed by atoms with Crippen LogP contribution in [0.2, 0.25) is 5.02 Å². The van der Waals surface area contributed by atoms with E-state index in [9.17, 15) is 23.4 Å². The molecular weight excluding hydrogens is 446 g/mol. The SMILES string of the molecule is O=C(O)c1ccc(NC(O)COS(=O)(=O)c2ccc(-c3ccc(Cl)cc3)cc2)cc1O. The molecule has 0 radical (unpaired) electrons. The van der Waals surface area contributed by atoms with Crippen LogP contribution < -0.4 is 5.32 Å². The summed E-state index contributed by atoms with van der Waals surface area (Å²) in [4.78, 5) is 10.8. The number of aliphatic hydroxyl groups is 1. The Balaban J connectivity index is 1.62. The van der Waals surface area contributed by atoms with E-state index in [1.165, 1.54) is 18.2 Å². The van der Waals surface area contributed by atoms with Crippen molar-refractivity contribution in [2.45, 2.75) is 11.1 Å². The van der Waals surface area contributed by atoms with Crippen molar-refractivity contribution in [2.75, 3.05) is 11.9 Å². The Labute approximate surface area is 183 Å². The fourth-order valence-corrected chi connectivity index (χ4v) is 3.75. The maximum absolute atomic E-state index is 12.4. The first-order valence-corrected chi connectivity index (χ1v) is 10.7. The second-order valence-electron chi connectivity index (χ2n) is 6.47. The number of hydrogen-bond acceptors (Lipinski definition) is 7. The smallest absolute Gasteiger partial charge is 0.339 e. The molecule has 1 unspecified atom stereocenters. The molecule has 3 aromatic carbocycles. The molecule has 8 nitrogen and oxygen atoms in total. The minimum Gasteiger partial charge on any atom is -0.507 e. The number of carbonyl (C=O) groups is 1. The van der Waals surface area contributed by atoms with Crippen molar-refractivity contribution in [3.63, 3.8) is 0 Å². The first-order chi connectivity index (χ1) is 14.7. The van der Waals surface area contributed by atoms with Gasteiger partial charge in [0.1, 0.15) is 24.1 Å². The molecule has 0 bridgehead atoms. The fourth-order valence-electron chi connectivity index (χ4n) is 2.71. The lowest BCUT2D eigenvalue weighted by molar-refractivity contribution is 0.0693. The Bertz CT molecular complexity index is 1180. The van der Waals surface area contributed by atoms with Crippen molar-refractivity contribution in [1.29, 1.82) is 0 Å². The third-order valence-electron chi connectivity index (χ3n) is 4.26. The number of carboxylic acids is 1. The van der Waals surface area contributed by atoms with Crippen molar-refractivity contribution in [2.24, 2.45) is 0 Å². The van der Waals surface area contributed by atoms with Crippen LogP contribution in [0.15, 0.2) is 71.6 Å². The van der Waals surface area contributed by atoms with Crippen LogP contribution >= 0.6 is 11.6 Å². The van der Waals surface area contributed by atoms with Gasteiger partial charge in [-0.05, 0) is 47.5 Å². The van der Waals surface area contributed by atoms with Gasteiger partial charge in [-0.3, -0.25) is 4.18 Å². The predicted octanol–water partition coefficient (Wildman–Crippen LogP) is 3.55. The molecule has 0 heterocycles. The number of aliphatic hydroxyl groups excluding tert-OH is 1. The third kappa shape index (κ3) is 5.74. The van der Waals surface area contributed by atoms with Crippen molar-refractivity contribution < 1.29 is 32.7 Å². The minimum atomic E-state index is -4.13. The number of rotatable bonds is 8. The lowest BCUT2D eigenvalue weighted by atomic mass is 10.1.